The van der Waals surface area contributed by atoms with Gasteiger partial charge in [-0.3, -0.25) is 14.4 Å². The summed E-state index contributed by atoms with van der Waals surface area (Å²) < 4.78 is 1.75. The molecule has 2 heterocycles. The number of rotatable bonds is 2. The van der Waals surface area contributed by atoms with Crippen LogP contribution in [0.25, 0.3) is 0 Å². The second kappa shape index (κ2) is 5.10. The van der Waals surface area contributed by atoms with Crippen molar-refractivity contribution in [3.8, 4) is 0 Å². The maximum Gasteiger partial charge on any atom is 0.274 e. The number of carbonyl (C=O) groups excluding carboxylic acids is 1. The number of carbonyl (C=O) groups is 1. The van der Waals surface area contributed by atoms with Crippen LogP contribution in [0.1, 0.15) is 30.0 Å². The molecular formula is C13H22N4O. The van der Waals surface area contributed by atoms with Gasteiger partial charge in [-0.05, 0) is 26.8 Å². The average molecular weight is 250 g/mol. The molecule has 1 amide bonds. The van der Waals surface area contributed by atoms with Crippen molar-refractivity contribution in [3.63, 3.8) is 0 Å². The molecule has 18 heavy (non-hydrogen) atoms. The number of piperazine rings is 1. The highest BCUT2D eigenvalue weighted by atomic mass is 16.2. The average Bonchev–Trinajstić information content (AvgIpc) is 2.69. The second-order valence-corrected chi connectivity index (χ2v) is 5.22. The fourth-order valence-corrected chi connectivity index (χ4v) is 2.27. The van der Waals surface area contributed by atoms with E-state index in [0.29, 0.717) is 11.7 Å². The first-order valence-electron chi connectivity index (χ1n) is 6.53. The minimum Gasteiger partial charge on any atom is -0.335 e. The molecule has 0 saturated carbocycles. The molecule has 1 aromatic rings. The van der Waals surface area contributed by atoms with Gasteiger partial charge in [-0.15, -0.1) is 0 Å². The third-order valence-corrected chi connectivity index (χ3v) is 3.66. The summed E-state index contributed by atoms with van der Waals surface area (Å²) in [7, 11) is 1.86. The molecule has 1 aliphatic heterocycles. The third-order valence-electron chi connectivity index (χ3n) is 3.66. The van der Waals surface area contributed by atoms with Gasteiger partial charge in [0.05, 0.1) is 0 Å². The van der Waals surface area contributed by atoms with Gasteiger partial charge in [0.15, 0.2) is 5.69 Å². The zero-order chi connectivity index (χ0) is 13.3. The molecule has 0 radical (unpaired) electrons. The van der Waals surface area contributed by atoms with Gasteiger partial charge in [0.2, 0.25) is 0 Å². The number of aryl methyl sites for hydroxylation is 2. The van der Waals surface area contributed by atoms with E-state index < -0.39 is 0 Å². The molecule has 2 rings (SSSR count). The molecule has 1 aliphatic rings. The summed E-state index contributed by atoms with van der Waals surface area (Å²) >= 11 is 0. The van der Waals surface area contributed by atoms with Crippen LogP contribution < -0.4 is 0 Å². The molecule has 1 aromatic heterocycles. The smallest absolute Gasteiger partial charge is 0.274 e. The lowest BCUT2D eigenvalue weighted by Gasteiger charge is -2.36. The highest BCUT2D eigenvalue weighted by Crippen LogP contribution is 2.10. The zero-order valence-corrected chi connectivity index (χ0v) is 11.7. The van der Waals surface area contributed by atoms with Gasteiger partial charge in [-0.2, -0.15) is 5.10 Å². The third kappa shape index (κ3) is 2.56. The molecule has 100 valence electrons. The van der Waals surface area contributed by atoms with Gasteiger partial charge in [-0.1, -0.05) is 0 Å². The highest BCUT2D eigenvalue weighted by Gasteiger charge is 2.24. The van der Waals surface area contributed by atoms with E-state index in [1.807, 2.05) is 24.9 Å². The van der Waals surface area contributed by atoms with Crippen molar-refractivity contribution >= 4 is 5.91 Å². The van der Waals surface area contributed by atoms with E-state index in [4.69, 9.17) is 0 Å². The summed E-state index contributed by atoms with van der Waals surface area (Å²) in [4.78, 5) is 16.6. The summed E-state index contributed by atoms with van der Waals surface area (Å²) in [6.07, 6.45) is 0. The van der Waals surface area contributed by atoms with E-state index >= 15 is 0 Å². The minimum absolute atomic E-state index is 0.0575. The van der Waals surface area contributed by atoms with E-state index in [-0.39, 0.29) is 5.91 Å². The van der Waals surface area contributed by atoms with E-state index in [2.05, 4.69) is 23.8 Å². The highest BCUT2D eigenvalue weighted by molar-refractivity contribution is 5.92. The normalized spacial score (nSPS) is 17.5. The van der Waals surface area contributed by atoms with Crippen LogP contribution in [0.3, 0.4) is 0 Å². The molecule has 0 aromatic carbocycles. The maximum atomic E-state index is 12.3. The van der Waals surface area contributed by atoms with Crippen LogP contribution in [0.5, 0.6) is 0 Å². The van der Waals surface area contributed by atoms with Crippen LogP contribution in [0.15, 0.2) is 6.07 Å². The van der Waals surface area contributed by atoms with Crippen molar-refractivity contribution < 1.29 is 4.79 Å². The fraction of sp³-hybridized carbons (Fsp3) is 0.692. The molecule has 0 spiro atoms. The van der Waals surface area contributed by atoms with Gasteiger partial charge in [0, 0.05) is 45.0 Å². The Morgan fingerprint density at radius 2 is 1.89 bits per heavy atom. The number of nitrogens with zero attached hydrogens (tertiary/aromatic N) is 4. The van der Waals surface area contributed by atoms with E-state index in [1.165, 1.54) is 0 Å². The molecule has 0 atom stereocenters. The van der Waals surface area contributed by atoms with Crippen molar-refractivity contribution in [2.75, 3.05) is 26.2 Å². The van der Waals surface area contributed by atoms with Crippen LogP contribution in [-0.2, 0) is 7.05 Å². The monoisotopic (exact) mass is 250 g/mol. The second-order valence-electron chi connectivity index (χ2n) is 5.22. The standard InChI is InChI=1S/C13H22N4O/c1-10(2)16-5-7-17(8-6-16)13(18)12-9-11(3)15(4)14-12/h9-10H,5-8H2,1-4H3. The molecule has 0 aliphatic carbocycles. The molecule has 0 N–H and O–H groups in total. The van der Waals surface area contributed by atoms with Crippen molar-refractivity contribution in [2.45, 2.75) is 26.8 Å². The Bertz CT molecular complexity index is 411. The van der Waals surface area contributed by atoms with Crippen molar-refractivity contribution in [1.29, 1.82) is 0 Å². The first-order valence-corrected chi connectivity index (χ1v) is 6.53. The lowest BCUT2D eigenvalue weighted by Crippen LogP contribution is -2.50. The molecular weight excluding hydrogens is 228 g/mol. The zero-order valence-electron chi connectivity index (χ0n) is 11.7. The predicted octanol–water partition coefficient (Wildman–Crippen LogP) is 0.895. The van der Waals surface area contributed by atoms with Crippen molar-refractivity contribution in [3.05, 3.63) is 17.5 Å². The first-order chi connectivity index (χ1) is 8.49. The Labute approximate surface area is 108 Å². The Balaban J connectivity index is 1.99. The lowest BCUT2D eigenvalue weighted by molar-refractivity contribution is 0.0589. The van der Waals surface area contributed by atoms with E-state index in [1.54, 1.807) is 4.68 Å². The summed E-state index contributed by atoms with van der Waals surface area (Å²) in [6.45, 7) is 9.85. The van der Waals surface area contributed by atoms with Gasteiger partial charge in [0.1, 0.15) is 0 Å². The number of hydrogen-bond donors (Lipinski definition) is 0. The number of aromatic nitrogens is 2. The first kappa shape index (κ1) is 13.1. The summed E-state index contributed by atoms with van der Waals surface area (Å²) in [5, 5.41) is 4.25. The molecule has 0 unspecified atom stereocenters. The maximum absolute atomic E-state index is 12.3. The van der Waals surface area contributed by atoms with Crippen LogP contribution in [-0.4, -0.2) is 57.7 Å². The molecule has 5 nitrogen and oxygen atoms in total. The SMILES string of the molecule is Cc1cc(C(=O)N2CCN(C(C)C)CC2)nn1C. The van der Waals surface area contributed by atoms with Crippen LogP contribution in [0.2, 0.25) is 0 Å². The Kier molecular flexibility index (Phi) is 3.71. The molecule has 5 heteroatoms. The minimum atomic E-state index is 0.0575. The number of hydrogen-bond acceptors (Lipinski definition) is 3. The summed E-state index contributed by atoms with van der Waals surface area (Å²) in [6, 6.07) is 2.41. The van der Waals surface area contributed by atoms with E-state index in [9.17, 15) is 4.79 Å². The largest absolute Gasteiger partial charge is 0.335 e. The topological polar surface area (TPSA) is 41.4 Å². The summed E-state index contributed by atoms with van der Waals surface area (Å²) in [5.41, 5.74) is 1.58. The van der Waals surface area contributed by atoms with E-state index in [0.717, 1.165) is 31.9 Å². The Morgan fingerprint density at radius 3 is 2.33 bits per heavy atom. The molecule has 0 bridgehead atoms. The predicted molar refractivity (Wildman–Crippen MR) is 70.6 cm³/mol. The van der Waals surface area contributed by atoms with Crippen molar-refractivity contribution in [1.82, 2.24) is 19.6 Å². The van der Waals surface area contributed by atoms with Crippen LogP contribution >= 0.6 is 0 Å². The van der Waals surface area contributed by atoms with Gasteiger partial charge < -0.3 is 4.90 Å². The summed E-state index contributed by atoms with van der Waals surface area (Å²) in [5.74, 6) is 0.0575. The van der Waals surface area contributed by atoms with Crippen LogP contribution in [0.4, 0.5) is 0 Å². The van der Waals surface area contributed by atoms with Gasteiger partial charge >= 0.3 is 0 Å². The van der Waals surface area contributed by atoms with Gasteiger partial charge in [-0.25, -0.2) is 0 Å². The quantitative estimate of drug-likeness (QED) is 0.783. The van der Waals surface area contributed by atoms with Crippen molar-refractivity contribution in [2.24, 2.45) is 7.05 Å². The molecule has 1 saturated heterocycles. The fourth-order valence-electron chi connectivity index (χ4n) is 2.27. The Morgan fingerprint density at radius 1 is 1.28 bits per heavy atom. The lowest BCUT2D eigenvalue weighted by atomic mass is 10.2. The Hall–Kier alpha value is -1.36. The number of amides is 1. The molecule has 1 fully saturated rings. The van der Waals surface area contributed by atoms with Gasteiger partial charge in [0.25, 0.3) is 5.91 Å². The van der Waals surface area contributed by atoms with Crippen LogP contribution in [0, 0.1) is 6.92 Å².